The lowest BCUT2D eigenvalue weighted by Crippen LogP contribution is -2.61. The van der Waals surface area contributed by atoms with Gasteiger partial charge in [-0.15, -0.1) is 17.9 Å². The first-order valence-corrected chi connectivity index (χ1v) is 22.4. The number of nitrogens with zero attached hydrogens (tertiary/aromatic N) is 2. The molecule has 0 spiro atoms. The van der Waals surface area contributed by atoms with Crippen molar-refractivity contribution in [3.05, 3.63) is 83.9 Å². The third-order valence-corrected chi connectivity index (χ3v) is 14.1. The molecule has 6 amide bonds. The highest BCUT2D eigenvalue weighted by Crippen LogP contribution is 2.48. The number of carbonyl (C=O) groups is 5. The van der Waals surface area contributed by atoms with Crippen LogP contribution in [0.5, 0.6) is 0 Å². The van der Waals surface area contributed by atoms with Crippen molar-refractivity contribution in [2.45, 2.75) is 115 Å². The number of sulfonamides is 1. The molecule has 0 radical (unpaired) electrons. The number of rotatable bonds is 13. The van der Waals surface area contributed by atoms with Crippen LogP contribution in [0.4, 0.5) is 15.3 Å². The number of benzene rings is 2. The van der Waals surface area contributed by atoms with Crippen molar-refractivity contribution >= 4 is 56.9 Å². The quantitative estimate of drug-likeness (QED) is 0.139. The summed E-state index contributed by atoms with van der Waals surface area (Å²) in [6.45, 7) is 16.2. The maximum Gasteiger partial charge on any atom is 0.411 e. The molecular weight excluding hydrogens is 807 g/mol. The summed E-state index contributed by atoms with van der Waals surface area (Å²) in [4.78, 5) is 75.4. The molecule has 3 fully saturated rings. The maximum atomic E-state index is 14.6. The van der Waals surface area contributed by atoms with Crippen LogP contribution in [-0.2, 0) is 35.6 Å². The second-order valence-corrected chi connectivity index (χ2v) is 21.2. The smallest absolute Gasteiger partial charge is 0.411 e. The summed E-state index contributed by atoms with van der Waals surface area (Å²) in [5, 5.41) is 13.7. The molecule has 5 unspecified atom stereocenters. The number of urea groups is 1. The summed E-state index contributed by atoms with van der Waals surface area (Å²) in [5.74, 6) is -2.87. The fourth-order valence-corrected chi connectivity index (χ4v) is 9.92. The maximum absolute atomic E-state index is 14.6. The van der Waals surface area contributed by atoms with Gasteiger partial charge in [-0.2, -0.15) is 0 Å². The zero-order chi connectivity index (χ0) is 43.8. The summed E-state index contributed by atoms with van der Waals surface area (Å²) in [6, 6.07) is 11.7. The van der Waals surface area contributed by atoms with E-state index in [1.54, 1.807) is 53.8 Å². The first kappa shape index (κ1) is 44.3. The Labute approximate surface area is 355 Å². The van der Waals surface area contributed by atoms with E-state index in [1.807, 2.05) is 54.8 Å². The first-order valence-electron chi connectivity index (χ1n) is 20.0. The average Bonchev–Trinajstić information content (AvgIpc) is 3.95. The summed E-state index contributed by atoms with van der Waals surface area (Å²) < 4.78 is 34.6. The van der Waals surface area contributed by atoms with E-state index in [4.69, 9.17) is 4.74 Å². The number of hydrogen-bond acceptors (Lipinski definition) is 10. The molecule has 17 heteroatoms. The average molecular weight is 862 g/mol. The molecule has 6 rings (SSSR count). The molecule has 3 aromatic rings. The van der Waals surface area contributed by atoms with Crippen LogP contribution in [0.25, 0.3) is 10.6 Å². The molecule has 1 aromatic heterocycles. The second kappa shape index (κ2) is 16.6. The molecule has 60 heavy (non-hydrogen) atoms. The van der Waals surface area contributed by atoms with Crippen LogP contribution >= 0.6 is 11.3 Å². The second-order valence-electron chi connectivity index (χ2n) is 18.2. The van der Waals surface area contributed by atoms with Crippen LogP contribution in [0.3, 0.4) is 0 Å². The molecular formula is C43H55N7O8S2. The molecule has 2 aliphatic carbocycles. The topological polar surface area (TPSA) is 205 Å². The van der Waals surface area contributed by atoms with Gasteiger partial charge in [-0.25, -0.2) is 23.0 Å². The van der Waals surface area contributed by atoms with Crippen molar-refractivity contribution in [3.8, 4) is 10.6 Å². The highest BCUT2D eigenvalue weighted by atomic mass is 32.2. The van der Waals surface area contributed by atoms with Gasteiger partial charge in [0.1, 0.15) is 28.7 Å². The van der Waals surface area contributed by atoms with Crippen LogP contribution in [0.15, 0.2) is 72.8 Å². The van der Waals surface area contributed by atoms with E-state index in [0.29, 0.717) is 29.1 Å². The fourth-order valence-electron chi connectivity index (χ4n) is 7.60. The van der Waals surface area contributed by atoms with Gasteiger partial charge >= 0.3 is 12.1 Å². The molecule has 1 saturated heterocycles. The van der Waals surface area contributed by atoms with Crippen LogP contribution in [0, 0.1) is 18.3 Å². The Kier molecular flexibility index (Phi) is 12.3. The van der Waals surface area contributed by atoms with E-state index in [-0.39, 0.29) is 25.8 Å². The highest BCUT2D eigenvalue weighted by Gasteiger charge is 2.63. The van der Waals surface area contributed by atoms with Crippen molar-refractivity contribution in [2.24, 2.45) is 11.3 Å². The third-order valence-electron chi connectivity index (χ3n) is 11.1. The number of anilines is 1. The van der Waals surface area contributed by atoms with E-state index < -0.39 is 85.2 Å². The van der Waals surface area contributed by atoms with Gasteiger partial charge < -0.3 is 25.6 Å². The number of carbonyl (C=O) groups excluding carboxylic acids is 5. The summed E-state index contributed by atoms with van der Waals surface area (Å²) >= 11 is 1.40. The number of thiazole rings is 1. The van der Waals surface area contributed by atoms with Gasteiger partial charge in [-0.05, 0) is 82.1 Å². The summed E-state index contributed by atoms with van der Waals surface area (Å²) in [5.41, 5.74) is -0.293. The number of likely N-dealkylation sites (tertiary alicyclic amines) is 1. The predicted octanol–water partition coefficient (Wildman–Crippen LogP) is 5.43. The number of aryl methyl sites for hydroxylation is 1. The summed E-state index contributed by atoms with van der Waals surface area (Å²) in [6.07, 6.45) is 2.21. The minimum absolute atomic E-state index is 0.0787. The Morgan fingerprint density at radius 2 is 1.75 bits per heavy atom. The number of ether oxygens (including phenoxy) is 1. The molecule has 1 aliphatic heterocycles. The number of amides is 6. The number of aromatic nitrogens is 1. The lowest BCUT2D eigenvalue weighted by molar-refractivity contribution is -0.142. The van der Waals surface area contributed by atoms with E-state index >= 15 is 0 Å². The van der Waals surface area contributed by atoms with Crippen molar-refractivity contribution < 1.29 is 37.1 Å². The van der Waals surface area contributed by atoms with E-state index in [1.165, 1.54) is 22.3 Å². The standard InChI is InChI=1S/C43H55N7O8S2/c1-9-28-24-43(28,37(53)49-60(56,57)42(17-18-42)23-27-13-11-10-12-14-27)47-34(51)32-22-29(25-50(32)36(52)33(40(3,4)5)46-38(54)48-41(6,7)8)58-39(55)45-31-21-26(2)15-16-30(31)35-44-19-20-59-35/h9-16,19-21,28-29,32-33H,1,17-18,22-25H2,2-8H3,(H,45,55)(H,47,51)(H,49,53)(H2,46,48,54). The minimum atomic E-state index is -4.18. The van der Waals surface area contributed by atoms with Gasteiger partial charge in [-0.1, -0.05) is 63.2 Å². The van der Waals surface area contributed by atoms with Gasteiger partial charge in [0.25, 0.3) is 5.91 Å². The Bertz CT molecular complexity index is 2250. The van der Waals surface area contributed by atoms with Crippen LogP contribution < -0.4 is 26.0 Å². The Morgan fingerprint density at radius 1 is 1.05 bits per heavy atom. The van der Waals surface area contributed by atoms with E-state index in [0.717, 1.165) is 11.1 Å². The van der Waals surface area contributed by atoms with Crippen molar-refractivity contribution in [1.29, 1.82) is 0 Å². The molecule has 15 nitrogen and oxygen atoms in total. The van der Waals surface area contributed by atoms with Gasteiger partial charge in [0.05, 0.1) is 17.0 Å². The molecule has 2 heterocycles. The lowest BCUT2D eigenvalue weighted by atomic mass is 9.85. The molecule has 2 aromatic carbocycles. The number of hydrogen-bond donors (Lipinski definition) is 5. The van der Waals surface area contributed by atoms with Gasteiger partial charge in [0.15, 0.2) is 0 Å². The van der Waals surface area contributed by atoms with Gasteiger partial charge in [-0.3, -0.25) is 24.4 Å². The van der Waals surface area contributed by atoms with Crippen molar-refractivity contribution in [2.75, 3.05) is 11.9 Å². The zero-order valence-corrected chi connectivity index (χ0v) is 36.7. The van der Waals surface area contributed by atoms with E-state index in [9.17, 15) is 32.4 Å². The van der Waals surface area contributed by atoms with Crippen LogP contribution in [-0.4, -0.2) is 88.7 Å². The number of nitrogens with one attached hydrogen (secondary N) is 5. The Morgan fingerprint density at radius 3 is 2.33 bits per heavy atom. The monoisotopic (exact) mass is 861 g/mol. The Hall–Kier alpha value is -5.29. The van der Waals surface area contributed by atoms with Crippen molar-refractivity contribution in [3.63, 3.8) is 0 Å². The largest absolute Gasteiger partial charge is 0.444 e. The lowest BCUT2D eigenvalue weighted by Gasteiger charge is -2.36. The van der Waals surface area contributed by atoms with E-state index in [2.05, 4.69) is 37.6 Å². The normalized spacial score (nSPS) is 22.4. The van der Waals surface area contributed by atoms with Gasteiger partial charge in [0, 0.05) is 35.0 Å². The first-order chi connectivity index (χ1) is 28.1. The SMILES string of the molecule is C=CC1CC1(NC(=O)C1CC(OC(=O)Nc2cc(C)ccc2-c2nccs2)CN1C(=O)C(NC(=O)NC(C)(C)C)C(C)(C)C)C(=O)NS(=O)(=O)C1(Cc2ccccc2)CC1. The molecule has 2 saturated carbocycles. The molecule has 0 bridgehead atoms. The van der Waals surface area contributed by atoms with Crippen LogP contribution in [0.2, 0.25) is 0 Å². The predicted molar refractivity (Wildman–Crippen MR) is 229 cm³/mol. The van der Waals surface area contributed by atoms with Gasteiger partial charge in [0.2, 0.25) is 21.8 Å². The molecule has 5 N–H and O–H groups in total. The highest BCUT2D eigenvalue weighted by molar-refractivity contribution is 7.91. The molecule has 3 aliphatic rings. The zero-order valence-electron chi connectivity index (χ0n) is 35.1. The Balaban J connectivity index is 1.24. The van der Waals surface area contributed by atoms with Crippen molar-refractivity contribution in [1.82, 2.24) is 30.6 Å². The molecule has 322 valence electrons. The van der Waals surface area contributed by atoms with Crippen LogP contribution in [0.1, 0.15) is 78.4 Å². The molecule has 5 atom stereocenters. The third kappa shape index (κ3) is 9.84. The summed E-state index contributed by atoms with van der Waals surface area (Å²) in [7, 11) is -4.18. The minimum Gasteiger partial charge on any atom is -0.444 e. The fraction of sp³-hybridized carbons (Fsp3) is 0.488.